The molecule has 1 amide bonds. The fourth-order valence-corrected chi connectivity index (χ4v) is 4.58. The molecule has 2 aromatic carbocycles. The number of halogens is 3. The topological polar surface area (TPSA) is 88.5 Å². The van der Waals surface area contributed by atoms with Crippen molar-refractivity contribution in [3.8, 4) is 11.3 Å². The number of benzene rings is 2. The molecule has 0 atom stereocenters. The van der Waals surface area contributed by atoms with Crippen LogP contribution < -0.4 is 11.1 Å². The number of hydrogen-bond acceptors (Lipinski definition) is 5. The molecule has 7 nitrogen and oxygen atoms in total. The zero-order chi connectivity index (χ0) is 25.4. The van der Waals surface area contributed by atoms with E-state index in [-0.39, 0.29) is 11.5 Å². The molecule has 4 aromatic rings. The van der Waals surface area contributed by atoms with Crippen molar-refractivity contribution in [3.63, 3.8) is 0 Å². The van der Waals surface area contributed by atoms with Gasteiger partial charge in [0.2, 0.25) is 0 Å². The summed E-state index contributed by atoms with van der Waals surface area (Å²) < 4.78 is 42.6. The number of hydrogen-bond donors (Lipinski definition) is 2. The van der Waals surface area contributed by atoms with Gasteiger partial charge in [-0.25, -0.2) is 23.1 Å². The van der Waals surface area contributed by atoms with Crippen molar-refractivity contribution < 1.29 is 18.0 Å². The van der Waals surface area contributed by atoms with E-state index in [1.165, 1.54) is 12.4 Å². The Balaban J connectivity index is 1.39. The van der Waals surface area contributed by atoms with Crippen molar-refractivity contribution in [3.05, 3.63) is 77.5 Å². The van der Waals surface area contributed by atoms with Crippen LogP contribution in [-0.2, 0) is 0 Å². The van der Waals surface area contributed by atoms with Gasteiger partial charge in [-0.2, -0.15) is 0 Å². The molecule has 1 fully saturated rings. The van der Waals surface area contributed by atoms with Crippen molar-refractivity contribution >= 4 is 23.1 Å². The lowest BCUT2D eigenvalue weighted by molar-refractivity contribution is 0.0692. The summed E-state index contributed by atoms with van der Waals surface area (Å²) in [5, 5.41) is 3.20. The molecule has 5 rings (SSSR count). The smallest absolute Gasteiger partial charge is 0.254 e. The van der Waals surface area contributed by atoms with Gasteiger partial charge in [0, 0.05) is 42.3 Å². The van der Waals surface area contributed by atoms with Gasteiger partial charge in [-0.3, -0.25) is 9.20 Å². The Morgan fingerprint density at radius 2 is 1.83 bits per heavy atom. The number of carbonyl (C=O) groups excluding carboxylic acids is 1. The monoisotopic (exact) mass is 494 g/mol. The second kappa shape index (κ2) is 9.62. The van der Waals surface area contributed by atoms with Crippen LogP contribution in [0.25, 0.3) is 16.9 Å². The van der Waals surface area contributed by atoms with Crippen LogP contribution in [0.2, 0.25) is 0 Å². The molecule has 1 aliphatic rings. The predicted octanol–water partition coefficient (Wildman–Crippen LogP) is 4.68. The van der Waals surface area contributed by atoms with Crippen LogP contribution >= 0.6 is 0 Å². The lowest BCUT2D eigenvalue weighted by atomic mass is 9.96. The maximum absolute atomic E-state index is 13.8. The summed E-state index contributed by atoms with van der Waals surface area (Å²) in [5.74, 6) is -3.18. The number of likely N-dealkylation sites (tertiary alicyclic amines) is 1. The number of amides is 1. The third kappa shape index (κ3) is 4.39. The van der Waals surface area contributed by atoms with Crippen LogP contribution in [0.3, 0.4) is 0 Å². The Labute approximate surface area is 205 Å². The summed E-state index contributed by atoms with van der Waals surface area (Å²) in [6, 6.07) is 7.29. The molecule has 0 radical (unpaired) electrons. The molecule has 186 valence electrons. The highest BCUT2D eigenvalue weighted by Crippen LogP contribution is 2.28. The quantitative estimate of drug-likeness (QED) is 0.394. The number of fused-ring (bicyclic) bond motifs is 1. The first-order valence-electron chi connectivity index (χ1n) is 11.7. The average molecular weight is 495 g/mol. The Morgan fingerprint density at radius 3 is 2.50 bits per heavy atom. The van der Waals surface area contributed by atoms with Gasteiger partial charge >= 0.3 is 0 Å². The Morgan fingerprint density at radius 1 is 1.11 bits per heavy atom. The number of nitrogens with zero attached hydrogens (tertiary/aromatic N) is 4. The van der Waals surface area contributed by atoms with E-state index in [0.717, 1.165) is 30.5 Å². The Bertz CT molecular complexity index is 1420. The maximum Gasteiger partial charge on any atom is 0.254 e. The van der Waals surface area contributed by atoms with Crippen molar-refractivity contribution in [2.75, 3.05) is 25.0 Å². The van der Waals surface area contributed by atoms with Crippen molar-refractivity contribution in [1.29, 1.82) is 0 Å². The van der Waals surface area contributed by atoms with Gasteiger partial charge < -0.3 is 16.0 Å². The first-order valence-corrected chi connectivity index (χ1v) is 11.7. The molecule has 0 spiro atoms. The van der Waals surface area contributed by atoms with E-state index in [1.807, 2.05) is 17.9 Å². The Hall–Kier alpha value is -3.92. The number of aromatic nitrogens is 3. The van der Waals surface area contributed by atoms with Gasteiger partial charge in [0.15, 0.2) is 28.9 Å². The van der Waals surface area contributed by atoms with E-state index in [9.17, 15) is 18.0 Å². The lowest BCUT2D eigenvalue weighted by Crippen LogP contribution is -2.40. The molecular formula is C26H25F3N6O. The minimum atomic E-state index is -1.52. The zero-order valence-corrected chi connectivity index (χ0v) is 19.6. The maximum atomic E-state index is 13.8. The minimum Gasteiger partial charge on any atom is -0.339 e. The highest BCUT2D eigenvalue weighted by Gasteiger charge is 2.24. The van der Waals surface area contributed by atoms with Gasteiger partial charge in [-0.05, 0) is 68.1 Å². The van der Waals surface area contributed by atoms with Crippen LogP contribution in [0.15, 0.2) is 48.9 Å². The van der Waals surface area contributed by atoms with Crippen LogP contribution in [0.5, 0.6) is 0 Å². The van der Waals surface area contributed by atoms with Crippen LogP contribution in [0.1, 0.15) is 28.8 Å². The standard InChI is InChI=1S/C26H25F3N6O/c1-15-10-18(2-3-19(15)26(36)34-7-4-16(13-30)5-8-34)33-24-25-32-14-22(35(25)9-6-31-24)17-11-20(27)23(29)21(28)12-17/h2-3,6,9-12,14,16H,4-5,7-8,13,30H2,1H3,(H,31,33). The number of aryl methyl sites for hydroxylation is 1. The number of rotatable bonds is 5. The average Bonchev–Trinajstić information content (AvgIpc) is 3.32. The number of imidazole rings is 1. The number of nitrogens with one attached hydrogen (secondary N) is 1. The molecule has 3 heterocycles. The number of anilines is 2. The van der Waals surface area contributed by atoms with E-state index < -0.39 is 17.5 Å². The molecule has 36 heavy (non-hydrogen) atoms. The van der Waals surface area contributed by atoms with Crippen molar-refractivity contribution in [1.82, 2.24) is 19.3 Å². The predicted molar refractivity (Wildman–Crippen MR) is 130 cm³/mol. The number of nitrogens with two attached hydrogens (primary N) is 1. The van der Waals surface area contributed by atoms with Crippen LogP contribution in [-0.4, -0.2) is 44.8 Å². The van der Waals surface area contributed by atoms with Crippen molar-refractivity contribution in [2.24, 2.45) is 11.7 Å². The van der Waals surface area contributed by atoms with Gasteiger partial charge in [0.1, 0.15) is 0 Å². The van der Waals surface area contributed by atoms with Gasteiger partial charge in [0.05, 0.1) is 11.9 Å². The molecule has 0 saturated carbocycles. The molecule has 0 aliphatic carbocycles. The lowest BCUT2D eigenvalue weighted by Gasteiger charge is -2.31. The zero-order valence-electron chi connectivity index (χ0n) is 19.6. The largest absolute Gasteiger partial charge is 0.339 e. The SMILES string of the molecule is Cc1cc(Nc2nccn3c(-c4cc(F)c(F)c(F)c4)cnc23)ccc1C(=O)N1CCC(CN)CC1. The van der Waals surface area contributed by atoms with Gasteiger partial charge in [0.25, 0.3) is 5.91 Å². The fourth-order valence-electron chi connectivity index (χ4n) is 4.58. The van der Waals surface area contributed by atoms with Gasteiger partial charge in [-0.1, -0.05) is 0 Å². The molecule has 2 aromatic heterocycles. The summed E-state index contributed by atoms with van der Waals surface area (Å²) in [6.45, 7) is 3.94. The molecule has 10 heteroatoms. The van der Waals surface area contributed by atoms with Crippen LogP contribution in [0.4, 0.5) is 24.7 Å². The summed E-state index contributed by atoms with van der Waals surface area (Å²) >= 11 is 0. The van der Waals surface area contributed by atoms with Crippen LogP contribution in [0, 0.1) is 30.3 Å². The number of carbonyl (C=O) groups is 1. The third-order valence-electron chi connectivity index (χ3n) is 6.66. The summed E-state index contributed by atoms with van der Waals surface area (Å²) in [5.41, 5.74) is 8.86. The summed E-state index contributed by atoms with van der Waals surface area (Å²) in [7, 11) is 0. The molecular weight excluding hydrogens is 469 g/mol. The summed E-state index contributed by atoms with van der Waals surface area (Å²) in [6.07, 6.45) is 6.39. The van der Waals surface area contributed by atoms with E-state index in [1.54, 1.807) is 22.7 Å². The van der Waals surface area contributed by atoms with E-state index in [2.05, 4.69) is 15.3 Å². The number of piperidine rings is 1. The highest BCUT2D eigenvalue weighted by molar-refractivity contribution is 5.96. The van der Waals surface area contributed by atoms with E-state index in [0.29, 0.717) is 54.0 Å². The Kier molecular flexibility index (Phi) is 6.36. The minimum absolute atomic E-state index is 0.00593. The molecule has 1 aliphatic heterocycles. The first kappa shape index (κ1) is 23.8. The van der Waals surface area contributed by atoms with Crippen molar-refractivity contribution in [2.45, 2.75) is 19.8 Å². The molecule has 0 bridgehead atoms. The molecule has 3 N–H and O–H groups in total. The second-order valence-corrected chi connectivity index (χ2v) is 8.99. The normalized spacial score (nSPS) is 14.4. The fraction of sp³-hybridized carbons (Fsp3) is 0.269. The third-order valence-corrected chi connectivity index (χ3v) is 6.66. The van der Waals surface area contributed by atoms with E-state index in [4.69, 9.17) is 5.73 Å². The highest BCUT2D eigenvalue weighted by atomic mass is 19.2. The summed E-state index contributed by atoms with van der Waals surface area (Å²) in [4.78, 5) is 23.6. The molecule has 0 unspecified atom stereocenters. The van der Waals surface area contributed by atoms with E-state index >= 15 is 0 Å². The first-order chi connectivity index (χ1) is 17.4. The second-order valence-electron chi connectivity index (χ2n) is 8.99. The molecule has 1 saturated heterocycles. The van der Waals surface area contributed by atoms with Gasteiger partial charge in [-0.15, -0.1) is 0 Å².